The molecule has 2 heterocycles. The molecule has 5 rings (SSSR count). The van der Waals surface area contributed by atoms with Crippen LogP contribution in [0.1, 0.15) is 11.1 Å². The zero-order valence-corrected chi connectivity index (χ0v) is 17.4. The van der Waals surface area contributed by atoms with Crippen molar-refractivity contribution in [3.05, 3.63) is 105 Å². The number of hydrogen-bond acceptors (Lipinski definition) is 4. The Balaban J connectivity index is 1.70. The number of nitrogens with zero attached hydrogens (tertiary/aromatic N) is 4. The molecule has 0 atom stereocenters. The highest BCUT2D eigenvalue weighted by atomic mass is 35.5. The lowest BCUT2D eigenvalue weighted by atomic mass is 10.1. The van der Waals surface area contributed by atoms with Crippen LogP contribution in [-0.2, 0) is 0 Å². The maximum absolute atomic E-state index is 13.2. The summed E-state index contributed by atoms with van der Waals surface area (Å²) in [6.45, 7) is 2.01. The quantitative estimate of drug-likeness (QED) is 0.285. The second kappa shape index (κ2) is 7.78. The van der Waals surface area contributed by atoms with Crippen molar-refractivity contribution in [2.45, 2.75) is 6.92 Å². The van der Waals surface area contributed by atoms with E-state index < -0.39 is 0 Å². The predicted molar refractivity (Wildman–Crippen MR) is 126 cm³/mol. The second-order valence-electron chi connectivity index (χ2n) is 7.24. The molecular formula is C25H17ClN4O. The summed E-state index contributed by atoms with van der Waals surface area (Å²) in [5, 5.41) is 6.25. The zero-order valence-electron chi connectivity index (χ0n) is 16.7. The van der Waals surface area contributed by atoms with Crippen LogP contribution in [0.25, 0.3) is 33.2 Å². The second-order valence-corrected chi connectivity index (χ2v) is 7.60. The topological polar surface area (TPSA) is 60.1 Å². The number of fused-ring (bicyclic) bond motifs is 2. The van der Waals surface area contributed by atoms with Crippen molar-refractivity contribution in [1.29, 1.82) is 0 Å². The van der Waals surface area contributed by atoms with Crippen LogP contribution in [0.4, 0.5) is 0 Å². The van der Waals surface area contributed by atoms with E-state index in [4.69, 9.17) is 16.6 Å². The lowest BCUT2D eigenvalue weighted by Gasteiger charge is -2.09. The van der Waals surface area contributed by atoms with E-state index in [2.05, 4.69) is 10.1 Å². The molecule has 0 N–H and O–H groups in total. The van der Waals surface area contributed by atoms with Gasteiger partial charge in [-0.3, -0.25) is 4.79 Å². The summed E-state index contributed by atoms with van der Waals surface area (Å²) >= 11 is 6.41. The molecule has 6 heteroatoms. The molecule has 0 spiro atoms. The molecule has 5 nitrogen and oxygen atoms in total. The normalized spacial score (nSPS) is 11.5. The van der Waals surface area contributed by atoms with Crippen LogP contribution in [-0.4, -0.2) is 20.9 Å². The van der Waals surface area contributed by atoms with E-state index in [1.807, 2.05) is 79.7 Å². The third kappa shape index (κ3) is 3.60. The van der Waals surface area contributed by atoms with Crippen LogP contribution < -0.4 is 5.56 Å². The molecule has 150 valence electrons. The minimum atomic E-state index is -0.249. The van der Waals surface area contributed by atoms with Crippen molar-refractivity contribution in [1.82, 2.24) is 14.6 Å². The Labute approximate surface area is 183 Å². The van der Waals surface area contributed by atoms with Gasteiger partial charge < -0.3 is 0 Å². The van der Waals surface area contributed by atoms with Gasteiger partial charge in [0.05, 0.1) is 22.6 Å². The summed E-state index contributed by atoms with van der Waals surface area (Å²) in [7, 11) is 0. The number of rotatable bonds is 3. The van der Waals surface area contributed by atoms with Gasteiger partial charge in [-0.25, -0.2) is 9.97 Å². The summed E-state index contributed by atoms with van der Waals surface area (Å²) in [4.78, 5) is 22.4. The third-order valence-corrected chi connectivity index (χ3v) is 5.35. The first-order chi connectivity index (χ1) is 15.1. The Kier molecular flexibility index (Phi) is 4.81. The fourth-order valence-electron chi connectivity index (χ4n) is 3.49. The maximum Gasteiger partial charge on any atom is 0.282 e. The Morgan fingerprint density at radius 2 is 1.68 bits per heavy atom. The number of para-hydroxylation sites is 1. The molecular weight excluding hydrogens is 408 g/mol. The number of halogens is 1. The molecule has 0 saturated heterocycles. The minimum Gasteiger partial charge on any atom is -0.267 e. The molecule has 0 bridgehead atoms. The summed E-state index contributed by atoms with van der Waals surface area (Å²) in [5.74, 6) is 0.459. The molecule has 0 aliphatic rings. The van der Waals surface area contributed by atoms with E-state index in [1.54, 1.807) is 12.3 Å². The Morgan fingerprint density at radius 1 is 0.903 bits per heavy atom. The molecule has 5 aromatic rings. The largest absolute Gasteiger partial charge is 0.282 e. The molecule has 0 fully saturated rings. The van der Waals surface area contributed by atoms with Gasteiger partial charge in [-0.2, -0.15) is 9.78 Å². The molecule has 0 unspecified atom stereocenters. The van der Waals surface area contributed by atoms with Crippen LogP contribution in [0, 0.1) is 6.92 Å². The van der Waals surface area contributed by atoms with E-state index in [0.29, 0.717) is 27.4 Å². The SMILES string of the molecule is Cc1ccc2cc(/C=N\n3c(-c4ccccc4)nc4ccccc4c3=O)c(Cl)nc2c1. The average Bonchev–Trinajstić information content (AvgIpc) is 2.79. The van der Waals surface area contributed by atoms with Gasteiger partial charge in [0.15, 0.2) is 5.82 Å². The summed E-state index contributed by atoms with van der Waals surface area (Å²) < 4.78 is 1.31. The van der Waals surface area contributed by atoms with Crippen molar-refractivity contribution >= 4 is 39.6 Å². The number of benzene rings is 3. The van der Waals surface area contributed by atoms with Crippen LogP contribution in [0.5, 0.6) is 0 Å². The van der Waals surface area contributed by atoms with Gasteiger partial charge in [0, 0.05) is 16.5 Å². The van der Waals surface area contributed by atoms with Gasteiger partial charge in [-0.15, -0.1) is 0 Å². The lowest BCUT2D eigenvalue weighted by molar-refractivity contribution is 0.829. The van der Waals surface area contributed by atoms with Crippen molar-refractivity contribution in [3.63, 3.8) is 0 Å². The van der Waals surface area contributed by atoms with E-state index in [9.17, 15) is 4.79 Å². The van der Waals surface area contributed by atoms with E-state index in [0.717, 1.165) is 22.0 Å². The molecule has 3 aromatic carbocycles. The van der Waals surface area contributed by atoms with Gasteiger partial charge in [0.1, 0.15) is 5.15 Å². The first-order valence-corrected chi connectivity index (χ1v) is 10.2. The number of aromatic nitrogens is 3. The van der Waals surface area contributed by atoms with E-state index in [1.165, 1.54) is 4.68 Å². The van der Waals surface area contributed by atoms with Gasteiger partial charge in [0.25, 0.3) is 5.56 Å². The summed E-state index contributed by atoms with van der Waals surface area (Å²) in [6.07, 6.45) is 1.55. The van der Waals surface area contributed by atoms with Crippen molar-refractivity contribution in [3.8, 4) is 11.4 Å². The number of pyridine rings is 1. The van der Waals surface area contributed by atoms with Crippen molar-refractivity contribution in [2.75, 3.05) is 0 Å². The van der Waals surface area contributed by atoms with Crippen LogP contribution in [0.15, 0.2) is 88.8 Å². The fourth-order valence-corrected chi connectivity index (χ4v) is 3.68. The average molecular weight is 425 g/mol. The minimum absolute atomic E-state index is 0.249. The smallest absolute Gasteiger partial charge is 0.267 e. The molecule has 31 heavy (non-hydrogen) atoms. The summed E-state index contributed by atoms with van der Waals surface area (Å²) in [6, 6.07) is 24.7. The zero-order chi connectivity index (χ0) is 21.4. The van der Waals surface area contributed by atoms with Crippen LogP contribution in [0.2, 0.25) is 5.15 Å². The Hall–Kier alpha value is -3.83. The highest BCUT2D eigenvalue weighted by Crippen LogP contribution is 2.22. The molecule has 0 radical (unpaired) electrons. The van der Waals surface area contributed by atoms with Gasteiger partial charge in [-0.05, 0) is 36.8 Å². The van der Waals surface area contributed by atoms with Crippen molar-refractivity contribution < 1.29 is 0 Å². The highest BCUT2D eigenvalue weighted by molar-refractivity contribution is 6.32. The lowest BCUT2D eigenvalue weighted by Crippen LogP contribution is -2.20. The van der Waals surface area contributed by atoms with Crippen LogP contribution >= 0.6 is 11.6 Å². The van der Waals surface area contributed by atoms with E-state index in [-0.39, 0.29) is 5.56 Å². The standard InChI is InChI=1S/C25H17ClN4O/c1-16-11-12-18-14-19(23(26)28-22(18)13-16)15-27-30-24(17-7-3-2-4-8-17)29-21-10-6-5-9-20(21)25(30)31/h2-15H,1H3/b27-15-. The predicted octanol–water partition coefficient (Wildman–Crippen LogP) is 5.46. The van der Waals surface area contributed by atoms with E-state index >= 15 is 0 Å². The van der Waals surface area contributed by atoms with Gasteiger partial charge in [0.2, 0.25) is 0 Å². The molecule has 0 saturated carbocycles. The molecule has 0 aliphatic heterocycles. The molecule has 0 aliphatic carbocycles. The van der Waals surface area contributed by atoms with Gasteiger partial charge >= 0.3 is 0 Å². The van der Waals surface area contributed by atoms with Crippen LogP contribution in [0.3, 0.4) is 0 Å². The summed E-state index contributed by atoms with van der Waals surface area (Å²) in [5.41, 5.74) is 3.72. The third-order valence-electron chi connectivity index (χ3n) is 5.05. The first kappa shape index (κ1) is 19.2. The maximum atomic E-state index is 13.2. The van der Waals surface area contributed by atoms with Crippen molar-refractivity contribution in [2.24, 2.45) is 5.10 Å². The first-order valence-electron chi connectivity index (χ1n) is 9.79. The molecule has 2 aromatic heterocycles. The number of hydrogen-bond donors (Lipinski definition) is 0. The van der Waals surface area contributed by atoms with Gasteiger partial charge in [-0.1, -0.05) is 66.2 Å². The highest BCUT2D eigenvalue weighted by Gasteiger charge is 2.12. The Bertz CT molecular complexity index is 1520. The monoisotopic (exact) mass is 424 g/mol. The Morgan fingerprint density at radius 3 is 2.52 bits per heavy atom. The fraction of sp³-hybridized carbons (Fsp3) is 0.0400. The number of aryl methyl sites for hydroxylation is 1. The molecule has 0 amide bonds.